The van der Waals surface area contributed by atoms with Crippen LogP contribution in [-0.2, 0) is 0 Å². The van der Waals surface area contributed by atoms with Crippen molar-refractivity contribution in [2.45, 2.75) is 6.92 Å². The van der Waals surface area contributed by atoms with Gasteiger partial charge in [0.1, 0.15) is 0 Å². The van der Waals surface area contributed by atoms with Gasteiger partial charge in [-0.2, -0.15) is 0 Å². The molecular weight excluding hydrogens is 296 g/mol. The number of hydrogen-bond acceptors (Lipinski definition) is 4. The zero-order chi connectivity index (χ0) is 16.6. The first-order chi connectivity index (χ1) is 11.0. The number of para-hydroxylation sites is 1. The molecule has 0 aliphatic heterocycles. The molecule has 23 heavy (non-hydrogen) atoms. The predicted molar refractivity (Wildman–Crippen MR) is 84.7 cm³/mol. The lowest BCUT2D eigenvalue weighted by atomic mass is 10.1. The molecule has 6 nitrogen and oxygen atoms in total. The molecule has 0 unspecified atom stereocenters. The lowest BCUT2D eigenvalue weighted by Gasteiger charge is -2.03. The van der Waals surface area contributed by atoms with E-state index in [-0.39, 0.29) is 11.3 Å². The molecule has 0 saturated carbocycles. The van der Waals surface area contributed by atoms with Crippen molar-refractivity contribution in [1.82, 2.24) is 4.57 Å². The number of nitrogens with zero attached hydrogens (tertiary/aromatic N) is 2. The van der Waals surface area contributed by atoms with Crippen molar-refractivity contribution in [1.29, 1.82) is 0 Å². The number of Topliss-reactive ketones (excluding diaryl/α,β-unsaturated/α-hetero) is 1. The van der Waals surface area contributed by atoms with Gasteiger partial charge in [-0.25, -0.2) is 0 Å². The third-order valence-corrected chi connectivity index (χ3v) is 3.66. The van der Waals surface area contributed by atoms with Gasteiger partial charge >= 0.3 is 5.91 Å². The van der Waals surface area contributed by atoms with Gasteiger partial charge in [-0.15, -0.1) is 0 Å². The lowest BCUT2D eigenvalue weighted by molar-refractivity contribution is -0.384. The number of carbonyl (C=O) groups excluding carboxylic acids is 2. The van der Waals surface area contributed by atoms with E-state index >= 15 is 0 Å². The smallest absolute Gasteiger partial charge is 0.283 e. The molecule has 0 aliphatic carbocycles. The maximum atomic E-state index is 12.5. The van der Waals surface area contributed by atoms with E-state index in [4.69, 9.17) is 0 Å². The summed E-state index contributed by atoms with van der Waals surface area (Å²) in [6.07, 6.45) is 1.62. The van der Waals surface area contributed by atoms with Crippen LogP contribution in [0.1, 0.15) is 20.7 Å². The van der Waals surface area contributed by atoms with Gasteiger partial charge in [0.2, 0.25) is 0 Å². The van der Waals surface area contributed by atoms with Crippen LogP contribution in [-0.4, -0.2) is 21.2 Å². The minimum Gasteiger partial charge on any atom is -0.283 e. The van der Waals surface area contributed by atoms with E-state index in [1.54, 1.807) is 18.3 Å². The second kappa shape index (κ2) is 5.49. The molecule has 0 radical (unpaired) electrons. The Morgan fingerprint density at radius 3 is 2.35 bits per heavy atom. The van der Waals surface area contributed by atoms with Crippen molar-refractivity contribution >= 4 is 28.3 Å². The molecule has 1 heterocycles. The number of nitro groups is 1. The van der Waals surface area contributed by atoms with Gasteiger partial charge in [-0.05, 0) is 30.7 Å². The first kappa shape index (κ1) is 14.6. The minimum atomic E-state index is -0.708. The zero-order valence-electron chi connectivity index (χ0n) is 12.2. The summed E-state index contributed by atoms with van der Waals surface area (Å²) in [5.41, 5.74) is 1.54. The van der Waals surface area contributed by atoms with E-state index in [1.807, 2.05) is 19.1 Å². The summed E-state index contributed by atoms with van der Waals surface area (Å²) in [6, 6.07) is 12.3. The maximum absolute atomic E-state index is 12.5. The topological polar surface area (TPSA) is 82.2 Å². The number of fused-ring (bicyclic) bond motifs is 1. The highest BCUT2D eigenvalue weighted by Crippen LogP contribution is 2.21. The molecule has 0 atom stereocenters. The van der Waals surface area contributed by atoms with Crippen LogP contribution in [0.2, 0.25) is 0 Å². The van der Waals surface area contributed by atoms with Gasteiger partial charge in [-0.1, -0.05) is 18.2 Å². The molecule has 0 fully saturated rings. The highest BCUT2D eigenvalue weighted by molar-refractivity contribution is 6.44. The predicted octanol–water partition coefficient (Wildman–Crippen LogP) is 3.38. The highest BCUT2D eigenvalue weighted by atomic mass is 16.6. The van der Waals surface area contributed by atoms with Gasteiger partial charge in [0.25, 0.3) is 11.5 Å². The fourth-order valence-corrected chi connectivity index (χ4v) is 2.49. The molecule has 0 amide bonds. The number of benzene rings is 2. The average Bonchev–Trinajstić information content (AvgIpc) is 2.91. The van der Waals surface area contributed by atoms with E-state index in [0.29, 0.717) is 5.52 Å². The van der Waals surface area contributed by atoms with Crippen LogP contribution in [0.3, 0.4) is 0 Å². The second-order valence-corrected chi connectivity index (χ2v) is 5.14. The first-order valence-electron chi connectivity index (χ1n) is 6.89. The number of aromatic nitrogens is 1. The number of aryl methyl sites for hydroxylation is 1. The van der Waals surface area contributed by atoms with Gasteiger partial charge in [0.15, 0.2) is 0 Å². The average molecular weight is 308 g/mol. The zero-order valence-corrected chi connectivity index (χ0v) is 12.2. The number of carbonyl (C=O) groups is 2. The van der Waals surface area contributed by atoms with Crippen molar-refractivity contribution < 1.29 is 14.5 Å². The van der Waals surface area contributed by atoms with Crippen molar-refractivity contribution in [3.8, 4) is 0 Å². The number of ketones is 1. The number of nitro benzene ring substituents is 1. The van der Waals surface area contributed by atoms with Crippen LogP contribution >= 0.6 is 0 Å². The van der Waals surface area contributed by atoms with Crippen LogP contribution < -0.4 is 0 Å². The van der Waals surface area contributed by atoms with Crippen LogP contribution in [0.25, 0.3) is 10.9 Å². The summed E-state index contributed by atoms with van der Waals surface area (Å²) >= 11 is 0. The van der Waals surface area contributed by atoms with Crippen molar-refractivity contribution in [3.05, 3.63) is 76.0 Å². The normalized spacial score (nSPS) is 10.7. The fourth-order valence-electron chi connectivity index (χ4n) is 2.49. The summed E-state index contributed by atoms with van der Waals surface area (Å²) in [7, 11) is 0. The molecule has 0 spiro atoms. The Balaban J connectivity index is 1.98. The Morgan fingerprint density at radius 1 is 1.04 bits per heavy atom. The number of rotatable bonds is 3. The van der Waals surface area contributed by atoms with E-state index in [2.05, 4.69) is 0 Å². The summed E-state index contributed by atoms with van der Waals surface area (Å²) in [5, 5.41) is 11.5. The van der Waals surface area contributed by atoms with Crippen molar-refractivity contribution in [2.24, 2.45) is 0 Å². The van der Waals surface area contributed by atoms with Crippen molar-refractivity contribution in [3.63, 3.8) is 0 Å². The van der Waals surface area contributed by atoms with Crippen LogP contribution in [0.4, 0.5) is 5.69 Å². The summed E-state index contributed by atoms with van der Waals surface area (Å²) in [5.74, 6) is -1.40. The standard InChI is InChI=1S/C17H12N2O4/c1-11-10-18(15-5-3-2-4-14(11)15)17(21)16(20)12-6-8-13(9-7-12)19(22)23/h2-10H,1H3. The molecule has 3 rings (SSSR count). The van der Waals surface area contributed by atoms with E-state index in [0.717, 1.165) is 10.9 Å². The molecule has 2 aromatic carbocycles. The van der Waals surface area contributed by atoms with Crippen molar-refractivity contribution in [2.75, 3.05) is 0 Å². The van der Waals surface area contributed by atoms with Crippen LogP contribution in [0.5, 0.6) is 0 Å². The van der Waals surface area contributed by atoms with Crippen LogP contribution in [0, 0.1) is 17.0 Å². The summed E-state index contributed by atoms with van der Waals surface area (Å²) < 4.78 is 1.31. The summed E-state index contributed by atoms with van der Waals surface area (Å²) in [6.45, 7) is 1.86. The third kappa shape index (κ3) is 2.50. The van der Waals surface area contributed by atoms with E-state index < -0.39 is 16.6 Å². The first-order valence-corrected chi connectivity index (χ1v) is 6.89. The van der Waals surface area contributed by atoms with Crippen LogP contribution in [0.15, 0.2) is 54.7 Å². The van der Waals surface area contributed by atoms with E-state index in [9.17, 15) is 19.7 Å². The molecular formula is C17H12N2O4. The monoisotopic (exact) mass is 308 g/mol. The molecule has 6 heteroatoms. The van der Waals surface area contributed by atoms with Gasteiger partial charge in [-0.3, -0.25) is 24.3 Å². The molecule has 1 aromatic heterocycles. The lowest BCUT2D eigenvalue weighted by Crippen LogP contribution is -2.21. The fraction of sp³-hybridized carbons (Fsp3) is 0.0588. The Labute approximate surface area is 131 Å². The Bertz CT molecular complexity index is 939. The molecule has 0 aliphatic rings. The number of non-ortho nitro benzene ring substituents is 1. The van der Waals surface area contributed by atoms with Gasteiger partial charge < -0.3 is 0 Å². The van der Waals surface area contributed by atoms with Gasteiger partial charge in [0.05, 0.1) is 10.4 Å². The SMILES string of the molecule is Cc1cn(C(=O)C(=O)c2ccc([N+](=O)[O-])cc2)c2ccccc12. The van der Waals surface area contributed by atoms with E-state index in [1.165, 1.54) is 28.8 Å². The highest BCUT2D eigenvalue weighted by Gasteiger charge is 2.21. The number of hydrogen-bond donors (Lipinski definition) is 0. The Hall–Kier alpha value is -3.28. The Morgan fingerprint density at radius 2 is 1.70 bits per heavy atom. The molecule has 0 saturated heterocycles. The molecule has 114 valence electrons. The molecule has 0 N–H and O–H groups in total. The maximum Gasteiger partial charge on any atom is 0.303 e. The second-order valence-electron chi connectivity index (χ2n) is 5.14. The largest absolute Gasteiger partial charge is 0.303 e. The molecule has 0 bridgehead atoms. The third-order valence-electron chi connectivity index (χ3n) is 3.66. The summed E-state index contributed by atoms with van der Waals surface area (Å²) in [4.78, 5) is 34.9. The minimum absolute atomic E-state index is 0.121. The quantitative estimate of drug-likeness (QED) is 0.321. The Kier molecular flexibility index (Phi) is 3.50. The molecule has 3 aromatic rings. The van der Waals surface area contributed by atoms with Gasteiger partial charge in [0, 0.05) is 29.3 Å².